The summed E-state index contributed by atoms with van der Waals surface area (Å²) < 4.78 is 1.66. The van der Waals surface area contributed by atoms with Crippen LogP contribution in [0.4, 0.5) is 5.95 Å². The van der Waals surface area contributed by atoms with Crippen LogP contribution in [0.5, 0.6) is 0 Å². The monoisotopic (exact) mass is 194 g/mol. The van der Waals surface area contributed by atoms with E-state index in [2.05, 4.69) is 23.9 Å². The molecule has 4 heteroatoms. The lowest BCUT2D eigenvalue weighted by Crippen LogP contribution is -2.16. The van der Waals surface area contributed by atoms with Crippen LogP contribution < -0.4 is 5.73 Å². The number of anilines is 1. The molecule has 14 heavy (non-hydrogen) atoms. The summed E-state index contributed by atoms with van der Waals surface area (Å²) in [7, 11) is 1.84. The second-order valence-electron chi connectivity index (χ2n) is 4.89. The fraction of sp³-hybridized carbons (Fsp3) is 0.800. The van der Waals surface area contributed by atoms with E-state index in [1.54, 1.807) is 4.68 Å². The lowest BCUT2D eigenvalue weighted by Gasteiger charge is -2.24. The van der Waals surface area contributed by atoms with Crippen LogP contribution in [0.1, 0.15) is 44.9 Å². The topological polar surface area (TPSA) is 56.7 Å². The Labute approximate surface area is 84.5 Å². The maximum absolute atomic E-state index is 5.69. The van der Waals surface area contributed by atoms with Gasteiger partial charge in [-0.3, -0.25) is 0 Å². The van der Waals surface area contributed by atoms with Gasteiger partial charge in [0, 0.05) is 13.0 Å². The second-order valence-corrected chi connectivity index (χ2v) is 4.89. The molecule has 1 saturated carbocycles. The highest BCUT2D eigenvalue weighted by Gasteiger charge is 2.38. The van der Waals surface area contributed by atoms with Crippen LogP contribution in [-0.4, -0.2) is 14.8 Å². The molecule has 1 aliphatic rings. The van der Waals surface area contributed by atoms with Crippen molar-refractivity contribution in [1.82, 2.24) is 14.8 Å². The Bertz CT molecular complexity index is 320. The van der Waals surface area contributed by atoms with Gasteiger partial charge >= 0.3 is 0 Å². The van der Waals surface area contributed by atoms with Crippen molar-refractivity contribution >= 4 is 5.95 Å². The van der Waals surface area contributed by atoms with Gasteiger partial charge in [-0.25, -0.2) is 4.68 Å². The van der Waals surface area contributed by atoms with E-state index in [1.165, 1.54) is 19.3 Å². The first-order valence-electron chi connectivity index (χ1n) is 5.17. The largest absolute Gasteiger partial charge is 0.368 e. The van der Waals surface area contributed by atoms with Crippen molar-refractivity contribution in [3.63, 3.8) is 0 Å². The summed E-state index contributed by atoms with van der Waals surface area (Å²) in [4.78, 5) is 4.32. The van der Waals surface area contributed by atoms with E-state index >= 15 is 0 Å². The Kier molecular flexibility index (Phi) is 2.01. The highest BCUT2D eigenvalue weighted by atomic mass is 15.4. The van der Waals surface area contributed by atoms with Crippen LogP contribution in [0.15, 0.2) is 0 Å². The molecule has 0 spiro atoms. The van der Waals surface area contributed by atoms with Crippen molar-refractivity contribution in [1.29, 1.82) is 0 Å². The van der Waals surface area contributed by atoms with Crippen LogP contribution in [0.25, 0.3) is 0 Å². The predicted octanol–water partition coefficient (Wildman–Crippen LogP) is 1.69. The Morgan fingerprint density at radius 1 is 1.50 bits per heavy atom. The molecule has 0 bridgehead atoms. The molecule has 1 aliphatic carbocycles. The first kappa shape index (κ1) is 9.49. The van der Waals surface area contributed by atoms with Crippen LogP contribution in [0.3, 0.4) is 0 Å². The maximum Gasteiger partial charge on any atom is 0.218 e. The van der Waals surface area contributed by atoms with Gasteiger partial charge in [0.1, 0.15) is 0 Å². The zero-order chi connectivity index (χ0) is 10.3. The van der Waals surface area contributed by atoms with E-state index in [1.807, 2.05) is 7.05 Å². The van der Waals surface area contributed by atoms with Gasteiger partial charge in [0.05, 0.1) is 0 Å². The normalized spacial score (nSPS) is 25.5. The van der Waals surface area contributed by atoms with E-state index in [4.69, 9.17) is 5.73 Å². The SMILES string of the molecule is Cn1nc(C2CCCC2(C)C)nc1N. The van der Waals surface area contributed by atoms with E-state index < -0.39 is 0 Å². The summed E-state index contributed by atoms with van der Waals surface area (Å²) in [6.45, 7) is 4.58. The summed E-state index contributed by atoms with van der Waals surface area (Å²) in [5.41, 5.74) is 6.01. The van der Waals surface area contributed by atoms with Crippen molar-refractivity contribution in [2.45, 2.75) is 39.0 Å². The zero-order valence-corrected chi connectivity index (χ0v) is 9.12. The van der Waals surface area contributed by atoms with Gasteiger partial charge in [-0.15, -0.1) is 0 Å². The van der Waals surface area contributed by atoms with E-state index in [-0.39, 0.29) is 0 Å². The number of hydrogen-bond acceptors (Lipinski definition) is 3. The molecule has 0 radical (unpaired) electrons. The maximum atomic E-state index is 5.69. The number of nitrogens with zero attached hydrogens (tertiary/aromatic N) is 3. The Hall–Kier alpha value is -1.06. The van der Waals surface area contributed by atoms with Crippen molar-refractivity contribution in [3.05, 3.63) is 5.82 Å². The molecule has 1 fully saturated rings. The smallest absolute Gasteiger partial charge is 0.218 e. The third-order valence-electron chi connectivity index (χ3n) is 3.38. The first-order chi connectivity index (χ1) is 6.50. The van der Waals surface area contributed by atoms with Gasteiger partial charge in [0.2, 0.25) is 5.95 Å². The Morgan fingerprint density at radius 2 is 2.21 bits per heavy atom. The van der Waals surface area contributed by atoms with Gasteiger partial charge in [0.15, 0.2) is 5.82 Å². The van der Waals surface area contributed by atoms with Crippen molar-refractivity contribution in [2.75, 3.05) is 5.73 Å². The van der Waals surface area contributed by atoms with Crippen molar-refractivity contribution < 1.29 is 0 Å². The summed E-state index contributed by atoms with van der Waals surface area (Å²) in [6.07, 6.45) is 3.72. The minimum atomic E-state index is 0.327. The molecule has 4 nitrogen and oxygen atoms in total. The summed E-state index contributed by atoms with van der Waals surface area (Å²) in [6, 6.07) is 0. The quantitative estimate of drug-likeness (QED) is 0.740. The highest BCUT2D eigenvalue weighted by molar-refractivity contribution is 5.19. The minimum absolute atomic E-state index is 0.327. The highest BCUT2D eigenvalue weighted by Crippen LogP contribution is 2.47. The van der Waals surface area contributed by atoms with Crippen LogP contribution in [0, 0.1) is 5.41 Å². The fourth-order valence-corrected chi connectivity index (χ4v) is 2.37. The van der Waals surface area contributed by atoms with E-state index in [0.717, 1.165) is 5.82 Å². The summed E-state index contributed by atoms with van der Waals surface area (Å²) >= 11 is 0. The number of hydrogen-bond donors (Lipinski definition) is 1. The first-order valence-corrected chi connectivity index (χ1v) is 5.17. The van der Waals surface area contributed by atoms with Gasteiger partial charge < -0.3 is 5.73 Å². The third kappa shape index (κ3) is 1.38. The molecule has 0 saturated heterocycles. The average molecular weight is 194 g/mol. The Morgan fingerprint density at radius 3 is 2.64 bits per heavy atom. The number of nitrogen functional groups attached to an aromatic ring is 1. The van der Waals surface area contributed by atoms with Crippen molar-refractivity contribution in [2.24, 2.45) is 12.5 Å². The molecule has 0 aromatic carbocycles. The number of aromatic nitrogens is 3. The van der Waals surface area contributed by atoms with Gasteiger partial charge in [-0.2, -0.15) is 10.1 Å². The van der Waals surface area contributed by atoms with E-state index in [0.29, 0.717) is 17.3 Å². The van der Waals surface area contributed by atoms with Crippen LogP contribution >= 0.6 is 0 Å². The molecule has 0 amide bonds. The molecule has 1 aromatic rings. The molecule has 2 rings (SSSR count). The standard InChI is InChI=1S/C10H18N4/c1-10(2)6-4-5-7(10)8-12-9(11)14(3)13-8/h7H,4-6H2,1-3H3,(H2,11,12,13). The molecule has 1 unspecified atom stereocenters. The summed E-state index contributed by atoms with van der Waals surface area (Å²) in [5.74, 6) is 1.92. The zero-order valence-electron chi connectivity index (χ0n) is 9.12. The number of aryl methyl sites for hydroxylation is 1. The molecule has 1 heterocycles. The number of rotatable bonds is 1. The number of nitrogens with two attached hydrogens (primary N) is 1. The average Bonchev–Trinajstić information content (AvgIpc) is 2.56. The minimum Gasteiger partial charge on any atom is -0.368 e. The predicted molar refractivity (Wildman–Crippen MR) is 55.8 cm³/mol. The fourth-order valence-electron chi connectivity index (χ4n) is 2.37. The van der Waals surface area contributed by atoms with Crippen molar-refractivity contribution in [3.8, 4) is 0 Å². The lowest BCUT2D eigenvalue weighted by molar-refractivity contribution is 0.321. The van der Waals surface area contributed by atoms with Crippen LogP contribution in [-0.2, 0) is 7.05 Å². The molecule has 0 aliphatic heterocycles. The van der Waals surface area contributed by atoms with Crippen LogP contribution in [0.2, 0.25) is 0 Å². The second kappa shape index (κ2) is 2.97. The molecule has 1 atom stereocenters. The molecule has 78 valence electrons. The molecular formula is C10H18N4. The molecular weight excluding hydrogens is 176 g/mol. The van der Waals surface area contributed by atoms with Gasteiger partial charge in [-0.05, 0) is 18.3 Å². The Balaban J connectivity index is 2.31. The van der Waals surface area contributed by atoms with Gasteiger partial charge in [-0.1, -0.05) is 20.3 Å². The molecule has 1 aromatic heterocycles. The third-order valence-corrected chi connectivity index (χ3v) is 3.38. The lowest BCUT2D eigenvalue weighted by atomic mass is 9.81. The van der Waals surface area contributed by atoms with E-state index in [9.17, 15) is 0 Å². The molecule has 2 N–H and O–H groups in total. The van der Waals surface area contributed by atoms with Gasteiger partial charge in [0.25, 0.3) is 0 Å². The summed E-state index contributed by atoms with van der Waals surface area (Å²) in [5, 5.41) is 4.37.